The summed E-state index contributed by atoms with van der Waals surface area (Å²) in [6, 6.07) is -0.166. The molecule has 0 spiro atoms. The van der Waals surface area contributed by atoms with Gasteiger partial charge in [-0.25, -0.2) is 4.79 Å². The fourth-order valence-electron chi connectivity index (χ4n) is 2.07. The zero-order chi connectivity index (χ0) is 13.0. The van der Waals surface area contributed by atoms with Gasteiger partial charge in [-0.2, -0.15) is 0 Å². The van der Waals surface area contributed by atoms with E-state index >= 15 is 0 Å². The third kappa shape index (κ3) is 2.90. The van der Waals surface area contributed by atoms with Crippen molar-refractivity contribution in [2.24, 2.45) is 11.8 Å². The SMILES string of the molecule is C#CCN(CC)C(=O)N1C[C@@H](C)[C@H](C(=O)O)C1. The molecule has 17 heavy (non-hydrogen) atoms. The predicted molar refractivity (Wildman–Crippen MR) is 63.3 cm³/mol. The number of amides is 2. The number of carbonyl (C=O) groups excluding carboxylic acids is 1. The average molecular weight is 238 g/mol. The summed E-state index contributed by atoms with van der Waals surface area (Å²) in [5, 5.41) is 9.00. The number of likely N-dealkylation sites (tertiary alicyclic amines) is 1. The molecule has 1 fully saturated rings. The number of carboxylic acid groups (broad SMARTS) is 1. The highest BCUT2D eigenvalue weighted by Gasteiger charge is 2.37. The minimum Gasteiger partial charge on any atom is -0.481 e. The Balaban J connectivity index is 2.67. The van der Waals surface area contributed by atoms with Crippen molar-refractivity contribution in [1.82, 2.24) is 9.80 Å². The van der Waals surface area contributed by atoms with Crippen LogP contribution in [0.25, 0.3) is 0 Å². The quantitative estimate of drug-likeness (QED) is 0.737. The van der Waals surface area contributed by atoms with E-state index in [0.717, 1.165) is 0 Å². The van der Waals surface area contributed by atoms with Gasteiger partial charge in [-0.3, -0.25) is 4.79 Å². The van der Waals surface area contributed by atoms with Crippen LogP contribution in [0.1, 0.15) is 13.8 Å². The second kappa shape index (κ2) is 5.58. The molecule has 94 valence electrons. The van der Waals surface area contributed by atoms with Crippen LogP contribution in [0, 0.1) is 24.2 Å². The van der Waals surface area contributed by atoms with Crippen molar-refractivity contribution in [3.63, 3.8) is 0 Å². The van der Waals surface area contributed by atoms with Gasteiger partial charge in [-0.05, 0) is 12.8 Å². The van der Waals surface area contributed by atoms with Crippen LogP contribution in [0.5, 0.6) is 0 Å². The van der Waals surface area contributed by atoms with Gasteiger partial charge in [0.25, 0.3) is 0 Å². The number of carboxylic acids is 1. The minimum atomic E-state index is -0.840. The second-order valence-electron chi connectivity index (χ2n) is 4.33. The van der Waals surface area contributed by atoms with E-state index in [9.17, 15) is 9.59 Å². The van der Waals surface area contributed by atoms with Crippen LogP contribution in [0.3, 0.4) is 0 Å². The zero-order valence-electron chi connectivity index (χ0n) is 10.2. The highest BCUT2D eigenvalue weighted by molar-refractivity contribution is 5.78. The van der Waals surface area contributed by atoms with Crippen LogP contribution in [0.2, 0.25) is 0 Å². The highest BCUT2D eigenvalue weighted by atomic mass is 16.4. The van der Waals surface area contributed by atoms with Crippen LogP contribution in [-0.4, -0.2) is 53.1 Å². The van der Waals surface area contributed by atoms with E-state index in [-0.39, 0.29) is 25.0 Å². The Bertz CT molecular complexity index is 348. The minimum absolute atomic E-state index is 0.0130. The van der Waals surface area contributed by atoms with Gasteiger partial charge in [0.05, 0.1) is 12.5 Å². The third-order valence-corrected chi connectivity index (χ3v) is 3.13. The molecule has 1 aliphatic heterocycles. The largest absolute Gasteiger partial charge is 0.481 e. The first-order chi connectivity index (χ1) is 8.01. The fraction of sp³-hybridized carbons (Fsp3) is 0.667. The predicted octanol–water partition coefficient (Wildman–Crippen LogP) is 0.714. The Morgan fingerprint density at radius 2 is 2.18 bits per heavy atom. The summed E-state index contributed by atoms with van der Waals surface area (Å²) in [4.78, 5) is 26.1. The lowest BCUT2D eigenvalue weighted by Gasteiger charge is -2.25. The standard InChI is InChI=1S/C12H18N2O3/c1-4-6-13(5-2)12(17)14-7-9(3)10(8-14)11(15)16/h1,9-10H,5-8H2,2-3H3,(H,15,16)/t9-,10-/m1/s1. The zero-order valence-corrected chi connectivity index (χ0v) is 10.2. The average Bonchev–Trinajstić information content (AvgIpc) is 2.67. The van der Waals surface area contributed by atoms with Crippen molar-refractivity contribution in [3.8, 4) is 12.3 Å². The Kier molecular flexibility index (Phi) is 4.38. The number of urea groups is 1. The summed E-state index contributed by atoms with van der Waals surface area (Å²) in [6.45, 7) is 5.25. The number of aliphatic carboxylic acids is 1. The second-order valence-corrected chi connectivity index (χ2v) is 4.33. The molecule has 1 N–H and O–H groups in total. The number of hydrogen-bond acceptors (Lipinski definition) is 2. The molecule has 0 saturated carbocycles. The maximum Gasteiger partial charge on any atom is 0.320 e. The molecule has 1 saturated heterocycles. The summed E-state index contributed by atoms with van der Waals surface area (Å²) in [7, 11) is 0. The van der Waals surface area contributed by atoms with Crippen LogP contribution in [-0.2, 0) is 4.79 Å². The van der Waals surface area contributed by atoms with Crippen LogP contribution < -0.4 is 0 Å². The summed E-state index contributed by atoms with van der Waals surface area (Å²) in [6.07, 6.45) is 5.19. The maximum absolute atomic E-state index is 12.0. The molecule has 5 heteroatoms. The molecule has 0 aromatic rings. The number of terminal acetylenes is 1. The van der Waals surface area contributed by atoms with E-state index in [1.165, 1.54) is 4.90 Å². The lowest BCUT2D eigenvalue weighted by molar-refractivity contribution is -0.142. The molecule has 0 aromatic carbocycles. The molecule has 0 unspecified atom stereocenters. The molecule has 0 radical (unpaired) electrons. The fourth-order valence-corrected chi connectivity index (χ4v) is 2.07. The van der Waals surface area contributed by atoms with Crippen LogP contribution in [0.15, 0.2) is 0 Å². The van der Waals surface area contributed by atoms with Crippen molar-refractivity contribution in [1.29, 1.82) is 0 Å². The van der Waals surface area contributed by atoms with Gasteiger partial charge in [-0.15, -0.1) is 6.42 Å². The molecular weight excluding hydrogens is 220 g/mol. The van der Waals surface area contributed by atoms with Crippen molar-refractivity contribution in [2.45, 2.75) is 13.8 Å². The first-order valence-electron chi connectivity index (χ1n) is 5.71. The maximum atomic E-state index is 12.0. The van der Waals surface area contributed by atoms with Gasteiger partial charge in [-0.1, -0.05) is 12.8 Å². The van der Waals surface area contributed by atoms with Crippen LogP contribution >= 0.6 is 0 Å². The van der Waals surface area contributed by atoms with Gasteiger partial charge in [0.15, 0.2) is 0 Å². The van der Waals surface area contributed by atoms with Gasteiger partial charge in [0.1, 0.15) is 0 Å². The molecule has 1 rings (SSSR count). The molecule has 0 bridgehead atoms. The molecule has 2 atom stereocenters. The number of carbonyl (C=O) groups is 2. The van der Waals surface area contributed by atoms with E-state index in [1.807, 2.05) is 13.8 Å². The van der Waals surface area contributed by atoms with E-state index in [2.05, 4.69) is 5.92 Å². The first-order valence-corrected chi connectivity index (χ1v) is 5.71. The lowest BCUT2D eigenvalue weighted by atomic mass is 9.99. The Labute approximate surface area is 101 Å². The smallest absolute Gasteiger partial charge is 0.320 e. The monoisotopic (exact) mass is 238 g/mol. The summed E-state index contributed by atoms with van der Waals surface area (Å²) in [5.41, 5.74) is 0. The molecule has 0 aromatic heterocycles. The molecule has 0 aliphatic carbocycles. The van der Waals surface area contributed by atoms with E-state index < -0.39 is 11.9 Å². The topological polar surface area (TPSA) is 60.9 Å². The van der Waals surface area contributed by atoms with Crippen molar-refractivity contribution in [2.75, 3.05) is 26.2 Å². The van der Waals surface area contributed by atoms with Gasteiger partial charge >= 0.3 is 12.0 Å². The van der Waals surface area contributed by atoms with Crippen molar-refractivity contribution in [3.05, 3.63) is 0 Å². The molecular formula is C12H18N2O3. The first kappa shape index (κ1) is 13.4. The van der Waals surface area contributed by atoms with Crippen molar-refractivity contribution < 1.29 is 14.7 Å². The molecule has 2 amide bonds. The number of hydrogen-bond donors (Lipinski definition) is 1. The summed E-state index contributed by atoms with van der Waals surface area (Å²) in [5.74, 6) is 1.11. The Morgan fingerprint density at radius 1 is 1.53 bits per heavy atom. The van der Waals surface area contributed by atoms with E-state index in [1.54, 1.807) is 4.90 Å². The van der Waals surface area contributed by atoms with Crippen molar-refractivity contribution >= 4 is 12.0 Å². The van der Waals surface area contributed by atoms with E-state index in [0.29, 0.717) is 13.1 Å². The lowest BCUT2D eigenvalue weighted by Crippen LogP contribution is -2.42. The molecule has 5 nitrogen and oxygen atoms in total. The van der Waals surface area contributed by atoms with E-state index in [4.69, 9.17) is 11.5 Å². The highest BCUT2D eigenvalue weighted by Crippen LogP contribution is 2.24. The number of rotatable bonds is 3. The molecule has 1 heterocycles. The molecule has 1 aliphatic rings. The van der Waals surface area contributed by atoms with Gasteiger partial charge < -0.3 is 14.9 Å². The summed E-state index contributed by atoms with van der Waals surface area (Å²) < 4.78 is 0. The number of nitrogens with zero attached hydrogens (tertiary/aromatic N) is 2. The van der Waals surface area contributed by atoms with Gasteiger partial charge in [0, 0.05) is 19.6 Å². The third-order valence-electron chi connectivity index (χ3n) is 3.13. The van der Waals surface area contributed by atoms with Crippen LogP contribution in [0.4, 0.5) is 4.79 Å². The normalized spacial score (nSPS) is 23.2. The Hall–Kier alpha value is -1.70. The summed E-state index contributed by atoms with van der Waals surface area (Å²) >= 11 is 0. The Morgan fingerprint density at radius 3 is 2.59 bits per heavy atom. The van der Waals surface area contributed by atoms with Gasteiger partial charge in [0.2, 0.25) is 0 Å².